The molecule has 110 valence electrons. The highest BCUT2D eigenvalue weighted by molar-refractivity contribution is 7.91. The first-order valence-electron chi connectivity index (χ1n) is 6.47. The summed E-state index contributed by atoms with van der Waals surface area (Å²) in [4.78, 5) is 11.5. The molecule has 1 unspecified atom stereocenters. The van der Waals surface area contributed by atoms with Crippen molar-refractivity contribution >= 4 is 15.8 Å². The van der Waals surface area contributed by atoms with Crippen LogP contribution in [0.5, 0.6) is 0 Å². The number of hydrogen-bond donors (Lipinski definition) is 1. The minimum Gasteiger partial charge on any atom is -0.481 e. The lowest BCUT2D eigenvalue weighted by Crippen LogP contribution is -2.22. The van der Waals surface area contributed by atoms with E-state index in [0.717, 1.165) is 5.56 Å². The monoisotopic (exact) mass is 304 g/mol. The van der Waals surface area contributed by atoms with Gasteiger partial charge in [0.2, 0.25) is 0 Å². The molecule has 0 aliphatic rings. The summed E-state index contributed by atoms with van der Waals surface area (Å²) in [6, 6.07) is 14.8. The molecule has 0 aliphatic heterocycles. The molecular formula is C16H16O4S. The van der Waals surface area contributed by atoms with E-state index in [1.807, 2.05) is 6.92 Å². The Morgan fingerprint density at radius 1 is 1.05 bits per heavy atom. The van der Waals surface area contributed by atoms with E-state index in [-0.39, 0.29) is 4.90 Å². The molecule has 0 aliphatic carbocycles. The summed E-state index contributed by atoms with van der Waals surface area (Å²) in [5.74, 6) is -2.66. The van der Waals surface area contributed by atoms with Gasteiger partial charge < -0.3 is 5.11 Å². The minimum atomic E-state index is -3.65. The molecule has 0 saturated heterocycles. The van der Waals surface area contributed by atoms with E-state index >= 15 is 0 Å². The average molecular weight is 304 g/mol. The molecule has 1 atom stereocenters. The van der Waals surface area contributed by atoms with Crippen LogP contribution >= 0.6 is 0 Å². The highest BCUT2D eigenvalue weighted by Crippen LogP contribution is 2.22. The quantitative estimate of drug-likeness (QED) is 0.921. The molecule has 5 heteroatoms. The molecule has 0 fully saturated rings. The normalized spacial score (nSPS) is 12.8. The smallest absolute Gasteiger partial charge is 0.312 e. The van der Waals surface area contributed by atoms with Crippen LogP contribution in [0.4, 0.5) is 0 Å². The van der Waals surface area contributed by atoms with Gasteiger partial charge in [0.25, 0.3) is 0 Å². The zero-order valence-electron chi connectivity index (χ0n) is 11.6. The standard InChI is InChI=1S/C16H16O4S/c1-12-7-9-14(10-8-12)21(19,20)11-15(16(17)18)13-5-3-2-4-6-13/h2-10,15H,11H2,1H3,(H,17,18). The van der Waals surface area contributed by atoms with Crippen molar-refractivity contribution in [1.29, 1.82) is 0 Å². The van der Waals surface area contributed by atoms with Gasteiger partial charge in [-0.2, -0.15) is 0 Å². The highest BCUT2D eigenvalue weighted by Gasteiger charge is 2.27. The first-order valence-corrected chi connectivity index (χ1v) is 8.12. The summed E-state index contributed by atoms with van der Waals surface area (Å²) < 4.78 is 24.7. The van der Waals surface area contributed by atoms with Gasteiger partial charge in [-0.15, -0.1) is 0 Å². The Morgan fingerprint density at radius 2 is 1.62 bits per heavy atom. The molecule has 0 bridgehead atoms. The SMILES string of the molecule is Cc1ccc(S(=O)(=O)CC(C(=O)O)c2ccccc2)cc1. The van der Waals surface area contributed by atoms with E-state index in [0.29, 0.717) is 5.56 Å². The molecule has 4 nitrogen and oxygen atoms in total. The van der Waals surface area contributed by atoms with Crippen LogP contribution in [0, 0.1) is 6.92 Å². The van der Waals surface area contributed by atoms with Gasteiger partial charge in [0.15, 0.2) is 9.84 Å². The first kappa shape index (κ1) is 15.3. The number of carboxylic acid groups (broad SMARTS) is 1. The summed E-state index contributed by atoms with van der Waals surface area (Å²) in [7, 11) is -3.65. The molecule has 2 aromatic carbocycles. The first-order chi connectivity index (χ1) is 9.90. The lowest BCUT2D eigenvalue weighted by molar-refractivity contribution is -0.138. The second kappa shape index (κ2) is 6.10. The van der Waals surface area contributed by atoms with Crippen LogP contribution in [-0.2, 0) is 14.6 Å². The van der Waals surface area contributed by atoms with E-state index in [9.17, 15) is 18.3 Å². The number of carbonyl (C=O) groups is 1. The predicted molar refractivity (Wildman–Crippen MR) is 80.1 cm³/mol. The fraction of sp³-hybridized carbons (Fsp3) is 0.188. The third-order valence-electron chi connectivity index (χ3n) is 3.27. The van der Waals surface area contributed by atoms with Crippen molar-refractivity contribution in [3.05, 3.63) is 65.7 Å². The maximum absolute atomic E-state index is 12.4. The molecule has 0 spiro atoms. The van der Waals surface area contributed by atoms with Gasteiger partial charge in [0.05, 0.1) is 16.6 Å². The van der Waals surface area contributed by atoms with Crippen molar-refractivity contribution in [3.63, 3.8) is 0 Å². The molecule has 21 heavy (non-hydrogen) atoms. The van der Waals surface area contributed by atoms with Gasteiger partial charge in [-0.3, -0.25) is 4.79 Å². The Balaban J connectivity index is 2.32. The van der Waals surface area contributed by atoms with E-state index in [2.05, 4.69) is 0 Å². The minimum absolute atomic E-state index is 0.148. The summed E-state index contributed by atoms with van der Waals surface area (Å²) in [5, 5.41) is 9.32. The summed E-state index contributed by atoms with van der Waals surface area (Å²) >= 11 is 0. The van der Waals surface area contributed by atoms with Crippen molar-refractivity contribution in [2.75, 3.05) is 5.75 Å². The van der Waals surface area contributed by atoms with Gasteiger partial charge in [-0.05, 0) is 24.6 Å². The third-order valence-corrected chi connectivity index (χ3v) is 5.03. The molecular weight excluding hydrogens is 288 g/mol. The molecule has 0 aromatic heterocycles. The predicted octanol–water partition coefficient (Wildman–Crippen LogP) is 2.64. The molecule has 0 heterocycles. The maximum Gasteiger partial charge on any atom is 0.312 e. The Labute approximate surface area is 124 Å². The van der Waals surface area contributed by atoms with E-state index < -0.39 is 27.5 Å². The fourth-order valence-corrected chi connectivity index (χ4v) is 3.57. The zero-order chi connectivity index (χ0) is 15.5. The number of sulfone groups is 1. The van der Waals surface area contributed by atoms with Gasteiger partial charge in [-0.1, -0.05) is 48.0 Å². The number of hydrogen-bond acceptors (Lipinski definition) is 3. The second-order valence-electron chi connectivity index (χ2n) is 4.90. The lowest BCUT2D eigenvalue weighted by Gasteiger charge is -2.13. The number of aryl methyl sites for hydroxylation is 1. The van der Waals surface area contributed by atoms with Crippen LogP contribution in [0.2, 0.25) is 0 Å². The summed E-state index contributed by atoms with van der Waals surface area (Å²) in [5.41, 5.74) is 1.44. The van der Waals surface area contributed by atoms with E-state index in [4.69, 9.17) is 0 Å². The molecule has 0 amide bonds. The fourth-order valence-electron chi connectivity index (χ4n) is 2.06. The van der Waals surface area contributed by atoms with Crippen LogP contribution in [0.3, 0.4) is 0 Å². The molecule has 2 aromatic rings. The Bertz CT molecular complexity index is 719. The van der Waals surface area contributed by atoms with Crippen molar-refractivity contribution in [2.45, 2.75) is 17.7 Å². The number of aliphatic carboxylic acids is 1. The van der Waals surface area contributed by atoms with Crippen LogP contribution < -0.4 is 0 Å². The Hall–Kier alpha value is -2.14. The topological polar surface area (TPSA) is 71.4 Å². The van der Waals surface area contributed by atoms with Gasteiger partial charge >= 0.3 is 5.97 Å². The molecule has 0 radical (unpaired) electrons. The number of rotatable bonds is 5. The van der Waals surface area contributed by atoms with E-state index in [1.54, 1.807) is 42.5 Å². The van der Waals surface area contributed by atoms with Gasteiger partial charge in [0, 0.05) is 0 Å². The summed E-state index contributed by atoms with van der Waals surface area (Å²) in [6.07, 6.45) is 0. The molecule has 0 saturated carbocycles. The Morgan fingerprint density at radius 3 is 2.14 bits per heavy atom. The third kappa shape index (κ3) is 3.70. The van der Waals surface area contributed by atoms with Crippen LogP contribution in [0.1, 0.15) is 17.0 Å². The van der Waals surface area contributed by atoms with Crippen LogP contribution in [0.25, 0.3) is 0 Å². The Kier molecular flexibility index (Phi) is 4.43. The van der Waals surface area contributed by atoms with Gasteiger partial charge in [-0.25, -0.2) is 8.42 Å². The van der Waals surface area contributed by atoms with Crippen molar-refractivity contribution < 1.29 is 18.3 Å². The number of benzene rings is 2. The van der Waals surface area contributed by atoms with Crippen LogP contribution in [0.15, 0.2) is 59.5 Å². The zero-order valence-corrected chi connectivity index (χ0v) is 12.4. The maximum atomic E-state index is 12.4. The highest BCUT2D eigenvalue weighted by atomic mass is 32.2. The van der Waals surface area contributed by atoms with Crippen molar-refractivity contribution in [2.24, 2.45) is 0 Å². The molecule has 2 rings (SSSR count). The average Bonchev–Trinajstić information content (AvgIpc) is 2.46. The number of carboxylic acids is 1. The molecule has 1 N–H and O–H groups in total. The summed E-state index contributed by atoms with van der Waals surface area (Å²) in [6.45, 7) is 1.86. The van der Waals surface area contributed by atoms with Crippen LogP contribution in [-0.4, -0.2) is 25.2 Å². The second-order valence-corrected chi connectivity index (χ2v) is 6.93. The largest absolute Gasteiger partial charge is 0.481 e. The lowest BCUT2D eigenvalue weighted by atomic mass is 10.0. The van der Waals surface area contributed by atoms with E-state index in [1.165, 1.54) is 12.1 Å². The van der Waals surface area contributed by atoms with Crippen molar-refractivity contribution in [3.8, 4) is 0 Å². The van der Waals surface area contributed by atoms with Crippen molar-refractivity contribution in [1.82, 2.24) is 0 Å². The van der Waals surface area contributed by atoms with Gasteiger partial charge in [0.1, 0.15) is 0 Å².